The number of thiazole rings is 1. The molecule has 1 aromatic carbocycles. The monoisotopic (exact) mass is 258 g/mol. The average molecular weight is 258 g/mol. The second-order valence-corrected chi connectivity index (χ2v) is 6.31. The molecule has 0 amide bonds. The molecule has 2 N–H and O–H groups in total. The fraction of sp³-hybridized carbons (Fsp3) is 0.400. The fourth-order valence-corrected chi connectivity index (χ4v) is 3.65. The van der Waals surface area contributed by atoms with Crippen molar-refractivity contribution >= 4 is 11.3 Å². The number of nitrogens with zero attached hydrogens (tertiary/aromatic N) is 1. The van der Waals surface area contributed by atoms with E-state index in [1.807, 2.05) is 11.3 Å². The Morgan fingerprint density at radius 3 is 2.89 bits per heavy atom. The largest absolute Gasteiger partial charge is 0.327 e. The number of nitrogens with two attached hydrogens (primary N) is 1. The molecule has 3 rings (SSSR count). The molecule has 0 saturated heterocycles. The molecule has 94 valence electrons. The first kappa shape index (κ1) is 11.9. The fourth-order valence-electron chi connectivity index (χ4n) is 2.41. The summed E-state index contributed by atoms with van der Waals surface area (Å²) in [7, 11) is 0. The van der Waals surface area contributed by atoms with Gasteiger partial charge in [-0.2, -0.15) is 0 Å². The number of benzene rings is 1. The Kier molecular flexibility index (Phi) is 3.18. The van der Waals surface area contributed by atoms with Crippen molar-refractivity contribution in [3.8, 4) is 0 Å². The Labute approximate surface area is 112 Å². The van der Waals surface area contributed by atoms with Crippen LogP contribution in [0.1, 0.15) is 33.1 Å². The van der Waals surface area contributed by atoms with Crippen LogP contribution in [0.5, 0.6) is 0 Å². The van der Waals surface area contributed by atoms with Gasteiger partial charge in [0, 0.05) is 17.3 Å². The molecular weight excluding hydrogens is 240 g/mol. The van der Waals surface area contributed by atoms with E-state index >= 15 is 0 Å². The van der Waals surface area contributed by atoms with Crippen LogP contribution >= 0.6 is 11.3 Å². The molecule has 0 radical (unpaired) electrons. The van der Waals surface area contributed by atoms with Gasteiger partial charge in [0.25, 0.3) is 0 Å². The molecule has 1 aliphatic carbocycles. The zero-order chi connectivity index (χ0) is 12.5. The van der Waals surface area contributed by atoms with Gasteiger partial charge < -0.3 is 5.73 Å². The number of hydrogen-bond donors (Lipinski definition) is 1. The summed E-state index contributed by atoms with van der Waals surface area (Å²) < 4.78 is 0. The Hall–Kier alpha value is -1.19. The number of aryl methyl sites for hydroxylation is 2. The molecule has 0 spiro atoms. The van der Waals surface area contributed by atoms with Crippen molar-refractivity contribution in [2.24, 2.45) is 5.73 Å². The van der Waals surface area contributed by atoms with Crippen LogP contribution < -0.4 is 5.73 Å². The van der Waals surface area contributed by atoms with Gasteiger partial charge in [-0.3, -0.25) is 0 Å². The highest BCUT2D eigenvalue weighted by atomic mass is 32.1. The van der Waals surface area contributed by atoms with Gasteiger partial charge >= 0.3 is 0 Å². The summed E-state index contributed by atoms with van der Waals surface area (Å²) in [6, 6.07) is 9.06. The van der Waals surface area contributed by atoms with Gasteiger partial charge in [-0.25, -0.2) is 4.98 Å². The Morgan fingerprint density at radius 1 is 1.33 bits per heavy atom. The van der Waals surface area contributed by atoms with Crippen LogP contribution in [0.25, 0.3) is 0 Å². The molecule has 1 unspecified atom stereocenters. The highest BCUT2D eigenvalue weighted by Gasteiger charge is 2.19. The second-order valence-electron chi connectivity index (χ2n) is 5.14. The molecule has 0 fully saturated rings. The second kappa shape index (κ2) is 4.82. The van der Waals surface area contributed by atoms with E-state index in [2.05, 4.69) is 31.2 Å². The van der Waals surface area contributed by atoms with E-state index in [0.29, 0.717) is 6.04 Å². The van der Waals surface area contributed by atoms with Crippen molar-refractivity contribution in [3.63, 3.8) is 0 Å². The highest BCUT2D eigenvalue weighted by molar-refractivity contribution is 7.11. The summed E-state index contributed by atoms with van der Waals surface area (Å²) in [5.74, 6) is 0. The number of aromatic nitrogens is 1. The molecule has 1 atom stereocenters. The van der Waals surface area contributed by atoms with Crippen molar-refractivity contribution < 1.29 is 0 Å². The van der Waals surface area contributed by atoms with Gasteiger partial charge in [-0.1, -0.05) is 29.8 Å². The minimum absolute atomic E-state index is 0.338. The van der Waals surface area contributed by atoms with Crippen LogP contribution in [0.2, 0.25) is 0 Å². The predicted molar refractivity (Wildman–Crippen MR) is 76.1 cm³/mol. The standard InChI is InChI=1S/C15H18N2S/c1-10-2-4-11(5-3-10)8-15-17-13-7-6-12(16)9-14(13)18-15/h2-5,12H,6-9,16H2,1H3. The molecule has 1 aliphatic rings. The zero-order valence-corrected chi connectivity index (χ0v) is 11.5. The maximum Gasteiger partial charge on any atom is 0.0974 e. The van der Waals surface area contributed by atoms with Gasteiger partial charge in [-0.15, -0.1) is 11.3 Å². The van der Waals surface area contributed by atoms with Crippen LogP contribution in [0.15, 0.2) is 24.3 Å². The third-order valence-corrected chi connectivity index (χ3v) is 4.62. The van der Waals surface area contributed by atoms with E-state index in [9.17, 15) is 0 Å². The molecule has 0 bridgehead atoms. The van der Waals surface area contributed by atoms with Crippen molar-refractivity contribution in [2.75, 3.05) is 0 Å². The van der Waals surface area contributed by atoms with Crippen LogP contribution in [-0.2, 0) is 19.3 Å². The average Bonchev–Trinajstić information content (AvgIpc) is 2.73. The van der Waals surface area contributed by atoms with Gasteiger partial charge in [0.1, 0.15) is 0 Å². The van der Waals surface area contributed by atoms with Crippen molar-refractivity contribution in [1.82, 2.24) is 4.98 Å². The third kappa shape index (κ3) is 2.47. The third-order valence-electron chi connectivity index (χ3n) is 3.50. The summed E-state index contributed by atoms with van der Waals surface area (Å²) >= 11 is 1.85. The van der Waals surface area contributed by atoms with Crippen LogP contribution in [0, 0.1) is 6.92 Å². The predicted octanol–water partition coefficient (Wildman–Crippen LogP) is 2.86. The molecule has 18 heavy (non-hydrogen) atoms. The molecular formula is C15H18N2S. The SMILES string of the molecule is Cc1ccc(Cc2nc3c(s2)CC(N)CC3)cc1. The minimum Gasteiger partial charge on any atom is -0.327 e. The first-order chi connectivity index (χ1) is 8.70. The van der Waals surface area contributed by atoms with Crippen LogP contribution in [0.4, 0.5) is 0 Å². The first-order valence-electron chi connectivity index (χ1n) is 6.49. The first-order valence-corrected chi connectivity index (χ1v) is 7.31. The lowest BCUT2D eigenvalue weighted by molar-refractivity contribution is 0.575. The summed E-state index contributed by atoms with van der Waals surface area (Å²) in [4.78, 5) is 6.18. The van der Waals surface area contributed by atoms with Gasteiger partial charge in [0.05, 0.1) is 10.7 Å². The van der Waals surface area contributed by atoms with Gasteiger partial charge in [0.15, 0.2) is 0 Å². The number of fused-ring (bicyclic) bond motifs is 1. The smallest absolute Gasteiger partial charge is 0.0974 e. The summed E-state index contributed by atoms with van der Waals surface area (Å²) in [5, 5.41) is 1.23. The Balaban J connectivity index is 1.79. The summed E-state index contributed by atoms with van der Waals surface area (Å²) in [6.45, 7) is 2.12. The minimum atomic E-state index is 0.338. The zero-order valence-electron chi connectivity index (χ0n) is 10.6. The van der Waals surface area contributed by atoms with E-state index in [0.717, 1.165) is 25.7 Å². The van der Waals surface area contributed by atoms with Gasteiger partial charge in [0.2, 0.25) is 0 Å². The van der Waals surface area contributed by atoms with Crippen molar-refractivity contribution in [3.05, 3.63) is 51.0 Å². The number of hydrogen-bond acceptors (Lipinski definition) is 3. The van der Waals surface area contributed by atoms with E-state index < -0.39 is 0 Å². The normalized spacial score (nSPS) is 18.7. The highest BCUT2D eigenvalue weighted by Crippen LogP contribution is 2.27. The molecule has 1 aromatic heterocycles. The lowest BCUT2D eigenvalue weighted by Crippen LogP contribution is -2.26. The summed E-state index contributed by atoms with van der Waals surface area (Å²) in [6.07, 6.45) is 4.11. The molecule has 2 aromatic rings. The molecule has 0 saturated carbocycles. The van der Waals surface area contributed by atoms with Crippen LogP contribution in [0.3, 0.4) is 0 Å². The van der Waals surface area contributed by atoms with Crippen molar-refractivity contribution in [2.45, 2.75) is 38.6 Å². The topological polar surface area (TPSA) is 38.9 Å². The van der Waals surface area contributed by atoms with Gasteiger partial charge in [-0.05, 0) is 31.7 Å². The lowest BCUT2D eigenvalue weighted by atomic mass is 9.99. The molecule has 0 aliphatic heterocycles. The van der Waals surface area contributed by atoms with E-state index in [-0.39, 0.29) is 0 Å². The van der Waals surface area contributed by atoms with E-state index in [4.69, 9.17) is 10.7 Å². The lowest BCUT2D eigenvalue weighted by Gasteiger charge is -2.15. The Morgan fingerprint density at radius 2 is 2.11 bits per heavy atom. The molecule has 3 heteroatoms. The van der Waals surface area contributed by atoms with Crippen LogP contribution in [-0.4, -0.2) is 11.0 Å². The van der Waals surface area contributed by atoms with E-state index in [1.54, 1.807) is 0 Å². The number of rotatable bonds is 2. The molecule has 1 heterocycles. The van der Waals surface area contributed by atoms with Crippen molar-refractivity contribution in [1.29, 1.82) is 0 Å². The maximum atomic E-state index is 6.01. The van der Waals surface area contributed by atoms with E-state index in [1.165, 1.54) is 26.7 Å². The Bertz CT molecular complexity index is 542. The quantitative estimate of drug-likeness (QED) is 0.899. The summed E-state index contributed by atoms with van der Waals surface area (Å²) in [5.41, 5.74) is 9.95. The maximum absolute atomic E-state index is 6.01. The molecule has 2 nitrogen and oxygen atoms in total.